The molecule has 1 rings (SSSR count). The number of carbonyl (C=O) groups excluding carboxylic acids is 1. The second-order valence-electron chi connectivity index (χ2n) is 3.66. The van der Waals surface area contributed by atoms with Crippen LogP contribution in [-0.2, 0) is 22.4 Å². The van der Waals surface area contributed by atoms with Crippen LogP contribution in [-0.4, -0.2) is 39.1 Å². The zero-order chi connectivity index (χ0) is 13.7. The molecular weight excluding hydrogens is 278 g/mol. The molecule has 1 unspecified atom stereocenters. The van der Waals surface area contributed by atoms with Crippen molar-refractivity contribution < 1.29 is 14.7 Å². The minimum absolute atomic E-state index is 0.272. The largest absolute Gasteiger partial charge is 0.480 e. The maximum atomic E-state index is 10.8. The van der Waals surface area contributed by atoms with Gasteiger partial charge < -0.3 is 10.4 Å². The van der Waals surface area contributed by atoms with Crippen LogP contribution in [0.2, 0.25) is 5.02 Å². The molecule has 18 heavy (non-hydrogen) atoms. The van der Waals surface area contributed by atoms with E-state index in [0.717, 1.165) is 11.4 Å². The summed E-state index contributed by atoms with van der Waals surface area (Å²) in [4.78, 5) is 21.0. The first kappa shape index (κ1) is 14.8. The Morgan fingerprint density at radius 3 is 2.83 bits per heavy atom. The number of amides is 1. The number of carbonyl (C=O) groups is 2. The number of thioether (sulfide) groups is 1. The van der Waals surface area contributed by atoms with Gasteiger partial charge in [-0.15, -0.1) is 0 Å². The van der Waals surface area contributed by atoms with Gasteiger partial charge in [-0.2, -0.15) is 16.9 Å². The lowest BCUT2D eigenvalue weighted by Crippen LogP contribution is -2.37. The predicted octanol–water partition coefficient (Wildman–Crippen LogP) is 0.814. The number of hydrogen-bond acceptors (Lipinski definition) is 4. The van der Waals surface area contributed by atoms with Gasteiger partial charge in [0, 0.05) is 18.6 Å². The van der Waals surface area contributed by atoms with Crippen molar-refractivity contribution in [1.29, 1.82) is 0 Å². The van der Waals surface area contributed by atoms with Crippen LogP contribution >= 0.6 is 23.4 Å². The Labute approximate surface area is 114 Å². The van der Waals surface area contributed by atoms with Crippen LogP contribution in [0.3, 0.4) is 0 Å². The summed E-state index contributed by atoms with van der Waals surface area (Å²) in [7, 11) is 1.78. The number of aromatic nitrogens is 2. The Morgan fingerprint density at radius 2 is 2.39 bits per heavy atom. The van der Waals surface area contributed by atoms with E-state index in [-0.39, 0.29) is 5.75 Å². The molecule has 1 aromatic heterocycles. The van der Waals surface area contributed by atoms with Crippen LogP contribution < -0.4 is 5.32 Å². The van der Waals surface area contributed by atoms with E-state index in [1.165, 1.54) is 11.8 Å². The van der Waals surface area contributed by atoms with Crippen LogP contribution in [0.25, 0.3) is 0 Å². The first-order valence-electron chi connectivity index (χ1n) is 5.15. The Morgan fingerprint density at radius 1 is 1.72 bits per heavy atom. The third kappa shape index (κ3) is 3.64. The third-order valence-corrected chi connectivity index (χ3v) is 3.89. The lowest BCUT2D eigenvalue weighted by molar-refractivity contribution is -0.139. The summed E-state index contributed by atoms with van der Waals surface area (Å²) in [5, 5.41) is 15.8. The third-order valence-electron chi connectivity index (χ3n) is 2.35. The smallest absolute Gasteiger partial charge is 0.327 e. The van der Waals surface area contributed by atoms with E-state index in [1.54, 1.807) is 11.7 Å². The standard InChI is InChI=1S/C10H14ClN3O3S/c1-6-9(11)8(14(2)13-6)4-18-3-7(10(16)17)12-5-15/h5,7H,3-4H2,1-2H3,(H,12,15)(H,16,17). The van der Waals surface area contributed by atoms with Gasteiger partial charge in [-0.3, -0.25) is 9.48 Å². The van der Waals surface area contributed by atoms with Crippen LogP contribution in [0.1, 0.15) is 11.4 Å². The second-order valence-corrected chi connectivity index (χ2v) is 5.07. The van der Waals surface area contributed by atoms with Crippen molar-refractivity contribution in [2.45, 2.75) is 18.7 Å². The predicted molar refractivity (Wildman–Crippen MR) is 69.7 cm³/mol. The molecule has 0 aliphatic carbocycles. The molecule has 0 saturated carbocycles. The molecular formula is C10H14ClN3O3S. The SMILES string of the molecule is Cc1nn(C)c(CSCC(NC=O)C(=O)O)c1Cl. The molecule has 0 radical (unpaired) electrons. The number of aryl methyl sites for hydroxylation is 2. The number of nitrogens with zero attached hydrogens (tertiary/aromatic N) is 2. The molecule has 1 heterocycles. The van der Waals surface area contributed by atoms with Gasteiger partial charge >= 0.3 is 5.97 Å². The molecule has 1 aromatic rings. The summed E-state index contributed by atoms with van der Waals surface area (Å²) in [5.74, 6) is -0.239. The average molecular weight is 292 g/mol. The van der Waals surface area contributed by atoms with Crippen LogP contribution in [0.5, 0.6) is 0 Å². The Balaban J connectivity index is 2.55. The highest BCUT2D eigenvalue weighted by molar-refractivity contribution is 7.98. The van der Waals surface area contributed by atoms with E-state index < -0.39 is 12.0 Å². The summed E-state index contributed by atoms with van der Waals surface area (Å²) in [6.07, 6.45) is 0.389. The van der Waals surface area contributed by atoms with Crippen LogP contribution in [0.4, 0.5) is 0 Å². The molecule has 0 fully saturated rings. The second kappa shape index (κ2) is 6.65. The quantitative estimate of drug-likeness (QED) is 0.727. The first-order chi connectivity index (χ1) is 8.47. The minimum Gasteiger partial charge on any atom is -0.480 e. The number of halogens is 1. The molecule has 0 aromatic carbocycles. The fourth-order valence-electron chi connectivity index (χ4n) is 1.38. The summed E-state index contributed by atoms with van der Waals surface area (Å²) in [5.41, 5.74) is 1.59. The highest BCUT2D eigenvalue weighted by Gasteiger charge is 2.17. The van der Waals surface area contributed by atoms with Gasteiger partial charge in [0.25, 0.3) is 0 Å². The molecule has 0 saturated heterocycles. The van der Waals surface area contributed by atoms with E-state index in [0.29, 0.717) is 17.2 Å². The number of nitrogens with one attached hydrogen (secondary N) is 1. The fraction of sp³-hybridized carbons (Fsp3) is 0.500. The van der Waals surface area contributed by atoms with E-state index >= 15 is 0 Å². The maximum Gasteiger partial charge on any atom is 0.327 e. The summed E-state index contributed by atoms with van der Waals surface area (Å²) < 4.78 is 1.67. The van der Waals surface area contributed by atoms with Gasteiger partial charge in [-0.25, -0.2) is 4.79 Å². The van der Waals surface area contributed by atoms with Crippen molar-refractivity contribution in [2.75, 3.05) is 5.75 Å². The minimum atomic E-state index is -1.05. The Bertz CT molecular complexity index is 450. The average Bonchev–Trinajstić information content (AvgIpc) is 2.54. The number of hydrogen-bond donors (Lipinski definition) is 2. The van der Waals surface area contributed by atoms with Crippen molar-refractivity contribution >= 4 is 35.7 Å². The van der Waals surface area contributed by atoms with Crippen molar-refractivity contribution in [3.8, 4) is 0 Å². The number of aliphatic carboxylic acids is 1. The first-order valence-corrected chi connectivity index (χ1v) is 6.68. The highest BCUT2D eigenvalue weighted by atomic mass is 35.5. The molecule has 0 aliphatic rings. The molecule has 0 aliphatic heterocycles. The van der Waals surface area contributed by atoms with Gasteiger partial charge in [-0.05, 0) is 6.92 Å². The van der Waals surface area contributed by atoms with E-state index in [2.05, 4.69) is 10.4 Å². The highest BCUT2D eigenvalue weighted by Crippen LogP contribution is 2.23. The number of carboxylic acid groups (broad SMARTS) is 1. The number of rotatable bonds is 7. The lowest BCUT2D eigenvalue weighted by atomic mass is 10.3. The van der Waals surface area contributed by atoms with Crippen molar-refractivity contribution in [3.05, 3.63) is 16.4 Å². The summed E-state index contributed by atoms with van der Waals surface area (Å²) >= 11 is 7.45. The normalized spacial score (nSPS) is 12.2. The van der Waals surface area contributed by atoms with Crippen LogP contribution in [0.15, 0.2) is 0 Å². The van der Waals surface area contributed by atoms with Crippen molar-refractivity contribution in [1.82, 2.24) is 15.1 Å². The molecule has 0 bridgehead atoms. The molecule has 0 spiro atoms. The zero-order valence-corrected chi connectivity index (χ0v) is 11.6. The molecule has 100 valence electrons. The van der Waals surface area contributed by atoms with E-state index in [4.69, 9.17) is 16.7 Å². The van der Waals surface area contributed by atoms with Gasteiger partial charge in [0.15, 0.2) is 0 Å². The van der Waals surface area contributed by atoms with E-state index in [1.807, 2.05) is 6.92 Å². The molecule has 1 amide bonds. The van der Waals surface area contributed by atoms with Crippen molar-refractivity contribution in [3.63, 3.8) is 0 Å². The van der Waals surface area contributed by atoms with Crippen molar-refractivity contribution in [2.24, 2.45) is 7.05 Å². The molecule has 1 atom stereocenters. The fourth-order valence-corrected chi connectivity index (χ4v) is 2.81. The topological polar surface area (TPSA) is 84.2 Å². The van der Waals surface area contributed by atoms with Gasteiger partial charge in [0.05, 0.1) is 16.4 Å². The molecule has 2 N–H and O–H groups in total. The molecule has 6 nitrogen and oxygen atoms in total. The Hall–Kier alpha value is -1.21. The van der Waals surface area contributed by atoms with E-state index in [9.17, 15) is 9.59 Å². The maximum absolute atomic E-state index is 10.8. The summed E-state index contributed by atoms with van der Waals surface area (Å²) in [6.45, 7) is 1.81. The van der Waals surface area contributed by atoms with Crippen LogP contribution in [0, 0.1) is 6.92 Å². The Kier molecular flexibility index (Phi) is 5.49. The van der Waals surface area contributed by atoms with Gasteiger partial charge in [0.2, 0.25) is 6.41 Å². The zero-order valence-electron chi connectivity index (χ0n) is 10.0. The monoisotopic (exact) mass is 291 g/mol. The molecule has 8 heteroatoms. The summed E-state index contributed by atoms with van der Waals surface area (Å²) in [6, 6.07) is -0.888. The van der Waals surface area contributed by atoms with Gasteiger partial charge in [0.1, 0.15) is 6.04 Å². The number of carboxylic acids is 1. The lowest BCUT2D eigenvalue weighted by Gasteiger charge is -2.10. The van der Waals surface area contributed by atoms with Gasteiger partial charge in [-0.1, -0.05) is 11.6 Å².